The van der Waals surface area contributed by atoms with Crippen LogP contribution in [0.15, 0.2) is 29.6 Å². The molecule has 7 nitrogen and oxygen atoms in total. The summed E-state index contributed by atoms with van der Waals surface area (Å²) in [6.07, 6.45) is 3.72. The SMILES string of the molecule is CN(CCN(C)c1ccncc1)C(=O)CCN=[N+]=[N-]. The molecule has 0 spiro atoms. The maximum atomic E-state index is 11.7. The maximum Gasteiger partial charge on any atom is 0.222 e. The average Bonchev–Trinajstić information content (AvgIpc) is 2.45. The van der Waals surface area contributed by atoms with E-state index in [1.54, 1.807) is 24.3 Å². The Morgan fingerprint density at radius 2 is 2.05 bits per heavy atom. The highest BCUT2D eigenvalue weighted by atomic mass is 16.2. The van der Waals surface area contributed by atoms with E-state index in [-0.39, 0.29) is 18.9 Å². The van der Waals surface area contributed by atoms with Crippen molar-refractivity contribution in [1.29, 1.82) is 0 Å². The van der Waals surface area contributed by atoms with E-state index in [1.165, 1.54) is 0 Å². The van der Waals surface area contributed by atoms with E-state index in [1.807, 2.05) is 19.2 Å². The first-order valence-corrected chi connectivity index (χ1v) is 6.01. The van der Waals surface area contributed by atoms with Gasteiger partial charge < -0.3 is 9.80 Å². The van der Waals surface area contributed by atoms with E-state index in [0.29, 0.717) is 6.54 Å². The molecule has 0 atom stereocenters. The summed E-state index contributed by atoms with van der Waals surface area (Å²) in [5.41, 5.74) is 9.20. The van der Waals surface area contributed by atoms with Gasteiger partial charge >= 0.3 is 0 Å². The number of anilines is 1. The molecule has 0 fully saturated rings. The van der Waals surface area contributed by atoms with Gasteiger partial charge in [-0.1, -0.05) is 5.11 Å². The Morgan fingerprint density at radius 3 is 2.68 bits per heavy atom. The highest BCUT2D eigenvalue weighted by Gasteiger charge is 2.09. The number of nitrogens with zero attached hydrogens (tertiary/aromatic N) is 6. The van der Waals surface area contributed by atoms with E-state index in [4.69, 9.17) is 5.53 Å². The molecule has 19 heavy (non-hydrogen) atoms. The van der Waals surface area contributed by atoms with Crippen LogP contribution in [-0.2, 0) is 4.79 Å². The monoisotopic (exact) mass is 262 g/mol. The lowest BCUT2D eigenvalue weighted by atomic mass is 10.3. The number of carbonyl (C=O) groups is 1. The van der Waals surface area contributed by atoms with Crippen LogP contribution in [0.3, 0.4) is 0 Å². The zero-order chi connectivity index (χ0) is 14.1. The minimum Gasteiger partial charge on any atom is -0.373 e. The molecule has 0 bridgehead atoms. The van der Waals surface area contributed by atoms with Crippen LogP contribution in [0.5, 0.6) is 0 Å². The van der Waals surface area contributed by atoms with E-state index in [9.17, 15) is 4.79 Å². The summed E-state index contributed by atoms with van der Waals surface area (Å²) >= 11 is 0. The number of pyridine rings is 1. The molecule has 1 rings (SSSR count). The first-order chi connectivity index (χ1) is 9.15. The number of likely N-dealkylation sites (N-methyl/N-ethyl adjacent to an activating group) is 2. The molecule has 0 saturated carbocycles. The van der Waals surface area contributed by atoms with Gasteiger partial charge in [0.15, 0.2) is 0 Å². The van der Waals surface area contributed by atoms with Crippen molar-refractivity contribution in [3.63, 3.8) is 0 Å². The fraction of sp³-hybridized carbons (Fsp3) is 0.500. The van der Waals surface area contributed by atoms with Gasteiger partial charge in [0.05, 0.1) is 0 Å². The van der Waals surface area contributed by atoms with Crippen molar-refractivity contribution in [2.24, 2.45) is 5.11 Å². The molecule has 0 saturated heterocycles. The Labute approximate surface area is 112 Å². The van der Waals surface area contributed by atoms with Crippen LogP contribution in [0, 0.1) is 0 Å². The molecule has 0 radical (unpaired) electrons. The molecule has 0 N–H and O–H groups in total. The summed E-state index contributed by atoms with van der Waals surface area (Å²) in [6, 6.07) is 3.84. The Morgan fingerprint density at radius 1 is 1.37 bits per heavy atom. The van der Waals surface area contributed by atoms with Crippen molar-refractivity contribution in [1.82, 2.24) is 9.88 Å². The van der Waals surface area contributed by atoms with Gasteiger partial charge in [0.1, 0.15) is 0 Å². The molecule has 7 heteroatoms. The quantitative estimate of drug-likeness (QED) is 0.425. The van der Waals surface area contributed by atoms with Gasteiger partial charge in [-0.2, -0.15) is 0 Å². The first kappa shape index (κ1) is 14.8. The van der Waals surface area contributed by atoms with Crippen LogP contribution < -0.4 is 4.90 Å². The topological polar surface area (TPSA) is 85.2 Å². The summed E-state index contributed by atoms with van der Waals surface area (Å²) in [6.45, 7) is 1.56. The Balaban J connectivity index is 2.35. The maximum absolute atomic E-state index is 11.7. The first-order valence-electron chi connectivity index (χ1n) is 6.01. The minimum atomic E-state index is -0.0180. The summed E-state index contributed by atoms with van der Waals surface area (Å²) in [7, 11) is 3.71. The standard InChI is InChI=1S/C12H18N6O/c1-17(11-3-6-14-7-4-11)9-10-18(2)12(19)5-8-15-16-13/h3-4,6-7H,5,8-10H2,1-2H3. The van der Waals surface area contributed by atoms with Crippen molar-refractivity contribution < 1.29 is 4.79 Å². The molecular formula is C12H18N6O. The van der Waals surface area contributed by atoms with Crippen molar-refractivity contribution in [3.8, 4) is 0 Å². The predicted molar refractivity (Wildman–Crippen MR) is 73.8 cm³/mol. The molecule has 0 aliphatic heterocycles. The van der Waals surface area contributed by atoms with Gasteiger partial charge in [-0.05, 0) is 17.7 Å². The second-order valence-corrected chi connectivity index (χ2v) is 4.15. The second-order valence-electron chi connectivity index (χ2n) is 4.15. The fourth-order valence-electron chi connectivity index (χ4n) is 1.53. The molecule has 1 aromatic heterocycles. The predicted octanol–water partition coefficient (Wildman–Crippen LogP) is 1.68. The lowest BCUT2D eigenvalue weighted by molar-refractivity contribution is -0.129. The third-order valence-corrected chi connectivity index (χ3v) is 2.79. The van der Waals surface area contributed by atoms with Crippen molar-refractivity contribution >= 4 is 11.6 Å². The Hall–Kier alpha value is -2.27. The van der Waals surface area contributed by atoms with Gasteiger partial charge in [0.2, 0.25) is 5.91 Å². The fourth-order valence-corrected chi connectivity index (χ4v) is 1.53. The van der Waals surface area contributed by atoms with Crippen molar-refractivity contribution in [2.75, 3.05) is 38.6 Å². The molecular weight excluding hydrogens is 244 g/mol. The molecule has 0 aromatic carbocycles. The van der Waals surface area contributed by atoms with E-state index < -0.39 is 0 Å². The molecule has 1 aromatic rings. The molecule has 0 aliphatic rings. The zero-order valence-corrected chi connectivity index (χ0v) is 11.2. The Kier molecular flexibility index (Phi) is 6.18. The van der Waals surface area contributed by atoms with E-state index in [0.717, 1.165) is 12.2 Å². The zero-order valence-electron chi connectivity index (χ0n) is 11.2. The number of amides is 1. The lowest BCUT2D eigenvalue weighted by Crippen LogP contribution is -2.35. The van der Waals surface area contributed by atoms with E-state index in [2.05, 4.69) is 19.9 Å². The molecule has 0 unspecified atom stereocenters. The van der Waals surface area contributed by atoms with Crippen molar-refractivity contribution in [3.05, 3.63) is 35.0 Å². The average molecular weight is 262 g/mol. The van der Waals surface area contributed by atoms with Gasteiger partial charge in [-0.15, -0.1) is 0 Å². The molecule has 1 heterocycles. The van der Waals surface area contributed by atoms with Gasteiger partial charge in [0, 0.05) is 63.1 Å². The van der Waals surface area contributed by atoms with E-state index >= 15 is 0 Å². The smallest absolute Gasteiger partial charge is 0.222 e. The largest absolute Gasteiger partial charge is 0.373 e. The van der Waals surface area contributed by atoms with Crippen molar-refractivity contribution in [2.45, 2.75) is 6.42 Å². The Bertz CT molecular complexity index is 443. The number of aromatic nitrogens is 1. The normalized spacial score (nSPS) is 9.58. The summed E-state index contributed by atoms with van der Waals surface area (Å²) in [5.74, 6) is -0.0180. The van der Waals surface area contributed by atoms with Gasteiger partial charge in [-0.25, -0.2) is 0 Å². The van der Waals surface area contributed by atoms with Crippen LogP contribution >= 0.6 is 0 Å². The van der Waals surface area contributed by atoms with Crippen LogP contribution in [0.25, 0.3) is 10.4 Å². The molecule has 0 aliphatic carbocycles. The number of carbonyl (C=O) groups excluding carboxylic acids is 1. The highest BCUT2D eigenvalue weighted by Crippen LogP contribution is 2.09. The number of azide groups is 1. The third-order valence-electron chi connectivity index (χ3n) is 2.79. The number of hydrogen-bond donors (Lipinski definition) is 0. The van der Waals surface area contributed by atoms with Crippen LogP contribution in [0.1, 0.15) is 6.42 Å². The van der Waals surface area contributed by atoms with Gasteiger partial charge in [-0.3, -0.25) is 9.78 Å². The summed E-state index contributed by atoms with van der Waals surface area (Å²) in [4.78, 5) is 22.0. The van der Waals surface area contributed by atoms with Crippen LogP contribution in [-0.4, -0.2) is 49.5 Å². The second kappa shape index (κ2) is 7.94. The lowest BCUT2D eigenvalue weighted by Gasteiger charge is -2.23. The van der Waals surface area contributed by atoms with Crippen LogP contribution in [0.2, 0.25) is 0 Å². The molecule has 102 valence electrons. The van der Waals surface area contributed by atoms with Crippen LogP contribution in [0.4, 0.5) is 5.69 Å². The molecule has 1 amide bonds. The number of rotatable bonds is 7. The summed E-state index contributed by atoms with van der Waals surface area (Å²) < 4.78 is 0. The number of hydrogen-bond acceptors (Lipinski definition) is 4. The summed E-state index contributed by atoms with van der Waals surface area (Å²) in [5, 5.41) is 3.35. The third kappa shape index (κ3) is 5.27. The highest BCUT2D eigenvalue weighted by molar-refractivity contribution is 5.76. The van der Waals surface area contributed by atoms with Gasteiger partial charge in [0.25, 0.3) is 0 Å². The minimum absolute atomic E-state index is 0.0180.